The summed E-state index contributed by atoms with van der Waals surface area (Å²) in [6, 6.07) is 7.38. The van der Waals surface area contributed by atoms with Crippen molar-refractivity contribution < 1.29 is 19.1 Å². The van der Waals surface area contributed by atoms with E-state index in [0.29, 0.717) is 37.6 Å². The molecule has 8 heteroatoms. The Bertz CT molecular complexity index is 695. The van der Waals surface area contributed by atoms with Gasteiger partial charge in [0.2, 0.25) is 5.91 Å². The Kier molecular flexibility index (Phi) is 9.10. The maximum absolute atomic E-state index is 12.0. The van der Waals surface area contributed by atoms with Gasteiger partial charge in [-0.15, -0.1) is 0 Å². The number of carbonyl (C=O) groups is 2. The van der Waals surface area contributed by atoms with Crippen LogP contribution in [0.5, 0.6) is 11.5 Å². The lowest BCUT2D eigenvalue weighted by molar-refractivity contribution is -0.119. The van der Waals surface area contributed by atoms with Crippen LogP contribution in [0.25, 0.3) is 0 Å². The van der Waals surface area contributed by atoms with E-state index in [1.807, 2.05) is 18.2 Å². The normalized spacial score (nSPS) is 10.5. The van der Waals surface area contributed by atoms with Crippen molar-refractivity contribution in [3.8, 4) is 17.6 Å². The Hall–Kier alpha value is -3.21. The molecule has 0 aliphatic carbocycles. The van der Waals surface area contributed by atoms with Gasteiger partial charge in [0.05, 0.1) is 14.2 Å². The number of ether oxygens (including phenoxy) is 2. The molecule has 26 heavy (non-hydrogen) atoms. The molecule has 0 unspecified atom stereocenters. The van der Waals surface area contributed by atoms with E-state index < -0.39 is 5.91 Å². The van der Waals surface area contributed by atoms with E-state index in [2.05, 4.69) is 16.0 Å². The number of carbonyl (C=O) groups excluding carboxylic acids is 2. The average Bonchev–Trinajstić information content (AvgIpc) is 2.64. The molecule has 8 nitrogen and oxygen atoms in total. The Balaban J connectivity index is 2.46. The van der Waals surface area contributed by atoms with Crippen LogP contribution in [0.4, 0.5) is 0 Å². The first kappa shape index (κ1) is 20.8. The third kappa shape index (κ3) is 7.13. The molecule has 0 atom stereocenters. The van der Waals surface area contributed by atoms with Crippen molar-refractivity contribution >= 4 is 11.8 Å². The number of benzene rings is 1. The number of nitriles is 1. The van der Waals surface area contributed by atoms with Gasteiger partial charge in [-0.2, -0.15) is 5.26 Å². The molecule has 0 saturated heterocycles. The SMILES string of the molecule is COc1ccc(CCNC(=O)/C(C#N)=C\NCCNC(C)=O)cc1OC. The topological polar surface area (TPSA) is 112 Å². The van der Waals surface area contributed by atoms with Crippen molar-refractivity contribution in [2.75, 3.05) is 33.9 Å². The Morgan fingerprint density at radius 1 is 1.12 bits per heavy atom. The van der Waals surface area contributed by atoms with Gasteiger partial charge in [-0.1, -0.05) is 6.07 Å². The van der Waals surface area contributed by atoms with Crippen molar-refractivity contribution in [2.45, 2.75) is 13.3 Å². The van der Waals surface area contributed by atoms with Crippen LogP contribution in [0, 0.1) is 11.3 Å². The van der Waals surface area contributed by atoms with Gasteiger partial charge in [0, 0.05) is 32.8 Å². The summed E-state index contributed by atoms with van der Waals surface area (Å²) in [6.07, 6.45) is 1.92. The maximum Gasteiger partial charge on any atom is 0.263 e. The van der Waals surface area contributed by atoms with E-state index in [4.69, 9.17) is 14.7 Å². The summed E-state index contributed by atoms with van der Waals surface area (Å²) in [6.45, 7) is 2.62. The number of amides is 2. The molecule has 0 bridgehead atoms. The number of hydrogen-bond donors (Lipinski definition) is 3. The quantitative estimate of drug-likeness (QED) is 0.318. The van der Waals surface area contributed by atoms with E-state index >= 15 is 0 Å². The zero-order valence-electron chi connectivity index (χ0n) is 15.2. The summed E-state index contributed by atoms with van der Waals surface area (Å²) in [5, 5.41) is 17.2. The first-order valence-corrected chi connectivity index (χ1v) is 8.09. The molecule has 1 aromatic rings. The van der Waals surface area contributed by atoms with Crippen LogP contribution in [0.15, 0.2) is 30.0 Å². The average molecular weight is 360 g/mol. The van der Waals surface area contributed by atoms with Crippen molar-refractivity contribution in [3.05, 3.63) is 35.5 Å². The lowest BCUT2D eigenvalue weighted by Crippen LogP contribution is -2.30. The summed E-state index contributed by atoms with van der Waals surface area (Å²) in [5.74, 6) is 0.668. The number of hydrogen-bond acceptors (Lipinski definition) is 6. The van der Waals surface area contributed by atoms with E-state index in [1.165, 1.54) is 13.1 Å². The fraction of sp³-hybridized carbons (Fsp3) is 0.389. The lowest BCUT2D eigenvalue weighted by atomic mass is 10.1. The highest BCUT2D eigenvalue weighted by molar-refractivity contribution is 5.97. The lowest BCUT2D eigenvalue weighted by Gasteiger charge is -2.10. The van der Waals surface area contributed by atoms with Gasteiger partial charge in [-0.3, -0.25) is 9.59 Å². The summed E-state index contributed by atoms with van der Waals surface area (Å²) in [7, 11) is 3.13. The summed E-state index contributed by atoms with van der Waals surface area (Å²) < 4.78 is 10.4. The Morgan fingerprint density at radius 3 is 2.46 bits per heavy atom. The van der Waals surface area contributed by atoms with Gasteiger partial charge < -0.3 is 25.4 Å². The fourth-order valence-corrected chi connectivity index (χ4v) is 2.09. The Morgan fingerprint density at radius 2 is 1.85 bits per heavy atom. The number of rotatable bonds is 10. The van der Waals surface area contributed by atoms with Crippen LogP contribution in [-0.2, 0) is 16.0 Å². The standard InChI is InChI=1S/C18H24N4O4/c1-13(23)21-9-8-20-12-15(11-19)18(24)22-7-6-14-4-5-16(25-2)17(10-14)26-3/h4-5,10,12,20H,6-9H2,1-3H3,(H,21,23)(H,22,24)/b15-12-. The zero-order valence-corrected chi connectivity index (χ0v) is 15.2. The number of nitrogens with zero attached hydrogens (tertiary/aromatic N) is 1. The fourth-order valence-electron chi connectivity index (χ4n) is 2.09. The molecule has 0 aromatic heterocycles. The van der Waals surface area contributed by atoms with E-state index in [0.717, 1.165) is 5.56 Å². The molecule has 0 spiro atoms. The highest BCUT2D eigenvalue weighted by Gasteiger charge is 2.09. The van der Waals surface area contributed by atoms with Crippen molar-refractivity contribution in [3.63, 3.8) is 0 Å². The molecule has 1 rings (SSSR count). The van der Waals surface area contributed by atoms with Gasteiger partial charge in [0.25, 0.3) is 5.91 Å². The van der Waals surface area contributed by atoms with Crippen molar-refractivity contribution in [1.29, 1.82) is 5.26 Å². The van der Waals surface area contributed by atoms with Gasteiger partial charge >= 0.3 is 0 Å². The summed E-state index contributed by atoms with van der Waals surface area (Å²) >= 11 is 0. The first-order valence-electron chi connectivity index (χ1n) is 8.09. The molecular formula is C18H24N4O4. The third-order valence-electron chi connectivity index (χ3n) is 3.40. The van der Waals surface area contributed by atoms with E-state index in [1.54, 1.807) is 20.3 Å². The first-order chi connectivity index (χ1) is 12.5. The monoisotopic (exact) mass is 360 g/mol. The summed E-state index contributed by atoms with van der Waals surface area (Å²) in [5.41, 5.74) is 0.944. The molecule has 3 N–H and O–H groups in total. The van der Waals surface area contributed by atoms with E-state index in [-0.39, 0.29) is 11.5 Å². The molecule has 0 aliphatic heterocycles. The molecule has 0 aliphatic rings. The number of nitrogens with one attached hydrogen (secondary N) is 3. The second-order valence-electron chi connectivity index (χ2n) is 5.30. The second-order valence-corrected chi connectivity index (χ2v) is 5.30. The van der Waals surface area contributed by atoms with Crippen LogP contribution in [-0.4, -0.2) is 45.7 Å². The molecule has 0 saturated carbocycles. The minimum Gasteiger partial charge on any atom is -0.493 e. The smallest absolute Gasteiger partial charge is 0.263 e. The van der Waals surface area contributed by atoms with Gasteiger partial charge in [-0.05, 0) is 24.1 Å². The zero-order chi connectivity index (χ0) is 19.4. The molecule has 0 radical (unpaired) electrons. The van der Waals surface area contributed by atoms with Gasteiger partial charge in [-0.25, -0.2) is 0 Å². The Labute approximate surface area is 153 Å². The van der Waals surface area contributed by atoms with Crippen LogP contribution in [0.2, 0.25) is 0 Å². The highest BCUT2D eigenvalue weighted by Crippen LogP contribution is 2.27. The minimum absolute atomic E-state index is 0.0277. The minimum atomic E-state index is -0.458. The van der Waals surface area contributed by atoms with Crippen molar-refractivity contribution in [2.24, 2.45) is 0 Å². The second kappa shape index (κ2) is 11.4. The molecular weight excluding hydrogens is 336 g/mol. The predicted octanol–water partition coefficient (Wildman–Crippen LogP) is 0.496. The van der Waals surface area contributed by atoms with Crippen LogP contribution in [0.3, 0.4) is 0 Å². The van der Waals surface area contributed by atoms with Gasteiger partial charge in [0.15, 0.2) is 11.5 Å². The predicted molar refractivity (Wildman–Crippen MR) is 96.6 cm³/mol. The third-order valence-corrected chi connectivity index (χ3v) is 3.40. The largest absolute Gasteiger partial charge is 0.493 e. The summed E-state index contributed by atoms with van der Waals surface area (Å²) in [4.78, 5) is 22.7. The van der Waals surface area contributed by atoms with Crippen molar-refractivity contribution in [1.82, 2.24) is 16.0 Å². The molecule has 0 fully saturated rings. The van der Waals surface area contributed by atoms with E-state index in [9.17, 15) is 9.59 Å². The van der Waals surface area contributed by atoms with Crippen LogP contribution < -0.4 is 25.4 Å². The van der Waals surface area contributed by atoms with Crippen LogP contribution in [0.1, 0.15) is 12.5 Å². The highest BCUT2D eigenvalue weighted by atomic mass is 16.5. The molecule has 1 aromatic carbocycles. The molecule has 2 amide bonds. The van der Waals surface area contributed by atoms with Gasteiger partial charge in [0.1, 0.15) is 11.6 Å². The van der Waals surface area contributed by atoms with Crippen LogP contribution >= 0.6 is 0 Å². The molecule has 140 valence electrons. The maximum atomic E-state index is 12.0. The molecule has 0 heterocycles. The number of methoxy groups -OCH3 is 2.